The largest absolute Gasteiger partial charge is 0.509 e. The molecule has 0 bridgehead atoms. The molecule has 0 saturated heterocycles. The molecule has 0 saturated carbocycles. The van der Waals surface area contributed by atoms with Crippen LogP contribution in [0.3, 0.4) is 0 Å². The summed E-state index contributed by atoms with van der Waals surface area (Å²) >= 11 is 0. The van der Waals surface area contributed by atoms with E-state index >= 15 is 0 Å². The first-order valence-corrected chi connectivity index (χ1v) is 5.10. The zero-order chi connectivity index (χ0) is 9.61. The Morgan fingerprint density at radius 1 is 1.75 bits per heavy atom. The fourth-order valence-corrected chi connectivity index (χ4v) is 1.57. The highest BCUT2D eigenvalue weighted by molar-refractivity contribution is 7.39. The maximum Gasteiger partial charge on any atom is 0.509 e. The first-order chi connectivity index (χ1) is 5.52. The van der Waals surface area contributed by atoms with Crippen LogP contribution in [-0.2, 0) is 9.09 Å². The van der Waals surface area contributed by atoms with E-state index < -0.39 is 13.6 Å². The Hall–Kier alpha value is -0.640. The molecule has 2 nitrogen and oxygen atoms in total. The Labute approximate surface area is 74.9 Å². The minimum absolute atomic E-state index is 0.490. The summed E-state index contributed by atoms with van der Waals surface area (Å²) in [5.74, 6) is 2.42. The van der Waals surface area contributed by atoms with Gasteiger partial charge in [-0.05, 0) is 18.4 Å². The molecule has 0 aromatic heterocycles. The molecule has 0 heterocycles. The molecular weight excluding hydrogens is 171 g/mol. The van der Waals surface area contributed by atoms with Crippen molar-refractivity contribution in [3.63, 3.8) is 0 Å². The van der Waals surface area contributed by atoms with Gasteiger partial charge < -0.3 is 0 Å². The number of allylic oxidation sites excluding steroid dienone is 1. The second-order valence-corrected chi connectivity index (χ2v) is 4.17. The lowest BCUT2D eigenvalue weighted by Crippen LogP contribution is -2.17. The van der Waals surface area contributed by atoms with Crippen molar-refractivity contribution in [1.82, 2.24) is 0 Å². The molecule has 0 N–H and O–H groups in total. The Morgan fingerprint density at radius 3 is 2.75 bits per heavy atom. The SMILES string of the molecule is C#CC(C)(C)O[P+](=O)CCC=C. The van der Waals surface area contributed by atoms with Crippen LogP contribution in [0.1, 0.15) is 20.3 Å². The molecular formula is C9H14O2P+. The summed E-state index contributed by atoms with van der Waals surface area (Å²) in [6, 6.07) is 0. The molecule has 0 spiro atoms. The van der Waals surface area contributed by atoms with Gasteiger partial charge in [-0.15, -0.1) is 17.5 Å². The van der Waals surface area contributed by atoms with Gasteiger partial charge in [0.1, 0.15) is 0 Å². The lowest BCUT2D eigenvalue weighted by Gasteiger charge is -2.07. The van der Waals surface area contributed by atoms with E-state index in [1.54, 1.807) is 19.9 Å². The summed E-state index contributed by atoms with van der Waals surface area (Å²) in [6.07, 6.45) is 8.05. The van der Waals surface area contributed by atoms with Crippen molar-refractivity contribution in [1.29, 1.82) is 0 Å². The molecule has 66 valence electrons. The third-order valence-corrected chi connectivity index (χ3v) is 2.48. The van der Waals surface area contributed by atoms with Crippen LogP contribution in [0.2, 0.25) is 0 Å². The van der Waals surface area contributed by atoms with Gasteiger partial charge in [0.25, 0.3) is 0 Å². The highest BCUT2D eigenvalue weighted by Gasteiger charge is 2.28. The van der Waals surface area contributed by atoms with Gasteiger partial charge in [0.2, 0.25) is 0 Å². The van der Waals surface area contributed by atoms with Gasteiger partial charge in [-0.25, -0.2) is 0 Å². The fraction of sp³-hybridized carbons (Fsp3) is 0.556. The van der Waals surface area contributed by atoms with Crippen LogP contribution in [-0.4, -0.2) is 11.8 Å². The molecule has 0 fully saturated rings. The van der Waals surface area contributed by atoms with Crippen LogP contribution in [0.25, 0.3) is 0 Å². The smallest absolute Gasteiger partial charge is 0.127 e. The molecule has 12 heavy (non-hydrogen) atoms. The lowest BCUT2D eigenvalue weighted by atomic mass is 10.2. The minimum atomic E-state index is -1.64. The molecule has 3 heteroatoms. The summed E-state index contributed by atoms with van der Waals surface area (Å²) in [5, 5.41) is 0. The highest BCUT2D eigenvalue weighted by Crippen LogP contribution is 2.30. The van der Waals surface area contributed by atoms with Gasteiger partial charge in [-0.2, -0.15) is 0 Å². The average Bonchev–Trinajstić information content (AvgIpc) is 2.00. The van der Waals surface area contributed by atoms with E-state index in [9.17, 15) is 4.57 Å². The van der Waals surface area contributed by atoms with E-state index in [0.717, 1.165) is 0 Å². The molecule has 0 amide bonds. The van der Waals surface area contributed by atoms with Crippen LogP contribution < -0.4 is 0 Å². The van der Waals surface area contributed by atoms with Gasteiger partial charge in [-0.3, -0.25) is 0 Å². The fourth-order valence-electron chi connectivity index (χ4n) is 0.523. The maximum absolute atomic E-state index is 11.2. The van der Waals surface area contributed by atoms with E-state index in [0.29, 0.717) is 12.6 Å². The van der Waals surface area contributed by atoms with Crippen molar-refractivity contribution in [3.8, 4) is 12.3 Å². The van der Waals surface area contributed by atoms with Gasteiger partial charge in [0.15, 0.2) is 11.8 Å². The van der Waals surface area contributed by atoms with Crippen LogP contribution in [0, 0.1) is 12.3 Å². The summed E-state index contributed by atoms with van der Waals surface area (Å²) in [6.45, 7) is 6.96. The van der Waals surface area contributed by atoms with E-state index in [2.05, 4.69) is 12.5 Å². The van der Waals surface area contributed by atoms with Gasteiger partial charge in [0, 0.05) is 6.42 Å². The Morgan fingerprint density at radius 2 is 2.33 bits per heavy atom. The normalized spacial score (nSPS) is 11.9. The third-order valence-electron chi connectivity index (χ3n) is 1.19. The predicted octanol–water partition coefficient (Wildman–Crippen LogP) is 2.73. The summed E-state index contributed by atoms with van der Waals surface area (Å²) < 4.78 is 16.3. The van der Waals surface area contributed by atoms with Gasteiger partial charge >= 0.3 is 8.03 Å². The monoisotopic (exact) mass is 185 g/mol. The predicted molar refractivity (Wildman–Crippen MR) is 51.3 cm³/mol. The minimum Gasteiger partial charge on any atom is -0.127 e. The van der Waals surface area contributed by atoms with E-state index in [-0.39, 0.29) is 0 Å². The summed E-state index contributed by atoms with van der Waals surface area (Å²) in [7, 11) is -1.64. The quantitative estimate of drug-likeness (QED) is 0.374. The van der Waals surface area contributed by atoms with Crippen LogP contribution in [0.15, 0.2) is 12.7 Å². The van der Waals surface area contributed by atoms with E-state index in [1.165, 1.54) is 0 Å². The standard InChI is InChI=1S/C9H14O2P/c1-5-7-8-12(10)11-9(3,4)6-2/h2,5H,1,7-8H2,3-4H3/q+1. The van der Waals surface area contributed by atoms with Gasteiger partial charge in [-0.1, -0.05) is 12.0 Å². The van der Waals surface area contributed by atoms with E-state index in [1.807, 2.05) is 0 Å². The van der Waals surface area contributed by atoms with Crippen molar-refractivity contribution in [3.05, 3.63) is 12.7 Å². The third kappa shape index (κ3) is 5.07. The first kappa shape index (κ1) is 11.4. The average molecular weight is 185 g/mol. The zero-order valence-electron chi connectivity index (χ0n) is 7.54. The molecule has 0 aliphatic rings. The van der Waals surface area contributed by atoms with Gasteiger partial charge in [0.05, 0.1) is 0 Å². The molecule has 0 aromatic rings. The second kappa shape index (κ2) is 5.09. The number of hydrogen-bond donors (Lipinski definition) is 0. The van der Waals surface area contributed by atoms with E-state index in [4.69, 9.17) is 10.9 Å². The molecule has 0 aromatic carbocycles. The number of rotatable bonds is 5. The van der Waals surface area contributed by atoms with Crippen molar-refractivity contribution >= 4 is 8.03 Å². The Bertz CT molecular complexity index is 213. The first-order valence-electron chi connectivity index (χ1n) is 3.74. The van der Waals surface area contributed by atoms with Crippen molar-refractivity contribution in [2.24, 2.45) is 0 Å². The van der Waals surface area contributed by atoms with Crippen LogP contribution in [0.4, 0.5) is 0 Å². The van der Waals surface area contributed by atoms with Crippen LogP contribution >= 0.6 is 8.03 Å². The van der Waals surface area contributed by atoms with Crippen molar-refractivity contribution in [2.75, 3.05) is 6.16 Å². The van der Waals surface area contributed by atoms with Crippen molar-refractivity contribution < 1.29 is 9.09 Å². The van der Waals surface area contributed by atoms with Crippen molar-refractivity contribution in [2.45, 2.75) is 25.9 Å². The molecule has 0 aliphatic carbocycles. The molecule has 1 unspecified atom stereocenters. The number of hydrogen-bond acceptors (Lipinski definition) is 2. The lowest BCUT2D eigenvalue weighted by molar-refractivity contribution is 0.186. The molecule has 0 radical (unpaired) electrons. The second-order valence-electron chi connectivity index (χ2n) is 2.88. The topological polar surface area (TPSA) is 26.3 Å². The molecule has 0 aliphatic heterocycles. The maximum atomic E-state index is 11.2. The molecule has 0 rings (SSSR count). The highest BCUT2D eigenvalue weighted by atomic mass is 31.1. The Balaban J connectivity index is 3.86. The molecule has 1 atom stereocenters. The summed E-state index contributed by atoms with van der Waals surface area (Å²) in [4.78, 5) is 0. The zero-order valence-corrected chi connectivity index (χ0v) is 8.43. The Kier molecular flexibility index (Phi) is 4.81. The number of terminal acetylenes is 1. The summed E-state index contributed by atoms with van der Waals surface area (Å²) in [5.41, 5.74) is -0.728. The van der Waals surface area contributed by atoms with Crippen LogP contribution in [0.5, 0.6) is 0 Å².